The van der Waals surface area contributed by atoms with Gasteiger partial charge in [0.15, 0.2) is 0 Å². The lowest BCUT2D eigenvalue weighted by Gasteiger charge is -2.20. The van der Waals surface area contributed by atoms with Gasteiger partial charge in [-0.2, -0.15) is 0 Å². The Balaban J connectivity index is 2.98. The van der Waals surface area contributed by atoms with Crippen LogP contribution in [0, 0.1) is 10.8 Å². The molecule has 0 unspecified atom stereocenters. The second-order valence-corrected chi connectivity index (χ2v) is 5.47. The van der Waals surface area contributed by atoms with Gasteiger partial charge in [-0.3, -0.25) is 10.2 Å². The van der Waals surface area contributed by atoms with Gasteiger partial charge in [-0.1, -0.05) is 39.0 Å². The van der Waals surface area contributed by atoms with Crippen molar-refractivity contribution in [3.8, 4) is 0 Å². The number of amides is 1. The van der Waals surface area contributed by atoms with Crippen molar-refractivity contribution < 1.29 is 14.7 Å². The van der Waals surface area contributed by atoms with Gasteiger partial charge in [0.05, 0.1) is 0 Å². The van der Waals surface area contributed by atoms with Gasteiger partial charge >= 0.3 is 5.97 Å². The minimum atomic E-state index is -1.37. The minimum absolute atomic E-state index is 0.147. The number of para-hydroxylation sites is 1. The first-order valence-electron chi connectivity index (χ1n) is 6.37. The summed E-state index contributed by atoms with van der Waals surface area (Å²) in [5.74, 6) is -1.50. The van der Waals surface area contributed by atoms with Crippen LogP contribution in [-0.2, 0) is 9.59 Å². The summed E-state index contributed by atoms with van der Waals surface area (Å²) in [6.45, 7) is 5.22. The number of hydrogen-bond donors (Lipinski definition) is 4. The molecular formula is C15H19N3O3. The van der Waals surface area contributed by atoms with E-state index in [9.17, 15) is 9.59 Å². The molecule has 0 fully saturated rings. The Morgan fingerprint density at radius 2 is 1.76 bits per heavy atom. The largest absolute Gasteiger partial charge is 0.477 e. The monoisotopic (exact) mass is 289 g/mol. The Morgan fingerprint density at radius 1 is 1.19 bits per heavy atom. The fourth-order valence-electron chi connectivity index (χ4n) is 1.30. The highest BCUT2D eigenvalue weighted by molar-refractivity contribution is 6.39. The number of rotatable bonds is 5. The maximum atomic E-state index is 12.0. The SMILES string of the molecule is CC(C)(C)C(=O)N/C(=C/C(=N)C(=O)O)Nc1ccccc1. The maximum Gasteiger partial charge on any atom is 0.353 e. The summed E-state index contributed by atoms with van der Waals surface area (Å²) >= 11 is 0. The predicted molar refractivity (Wildman–Crippen MR) is 81.1 cm³/mol. The second-order valence-electron chi connectivity index (χ2n) is 5.47. The van der Waals surface area contributed by atoms with Gasteiger partial charge in [0.25, 0.3) is 0 Å². The molecule has 0 aliphatic carbocycles. The first kappa shape index (κ1) is 16.4. The topological polar surface area (TPSA) is 102 Å². The van der Waals surface area contributed by atoms with Crippen LogP contribution in [0.25, 0.3) is 0 Å². The third-order valence-corrected chi connectivity index (χ3v) is 2.50. The Labute approximate surface area is 123 Å². The Hall–Kier alpha value is -2.63. The number of carbonyl (C=O) groups is 2. The summed E-state index contributed by atoms with van der Waals surface area (Å²) in [7, 11) is 0. The van der Waals surface area contributed by atoms with E-state index in [0.29, 0.717) is 5.69 Å². The summed E-state index contributed by atoms with van der Waals surface area (Å²) in [6.07, 6.45) is 1.07. The van der Waals surface area contributed by atoms with Gasteiger partial charge in [-0.25, -0.2) is 4.79 Å². The molecule has 6 nitrogen and oxygen atoms in total. The molecule has 0 saturated heterocycles. The number of carboxylic acids is 1. The van der Waals surface area contributed by atoms with Crippen LogP contribution in [0.3, 0.4) is 0 Å². The maximum absolute atomic E-state index is 12.0. The highest BCUT2D eigenvalue weighted by Gasteiger charge is 2.22. The average molecular weight is 289 g/mol. The zero-order valence-corrected chi connectivity index (χ0v) is 12.2. The van der Waals surface area contributed by atoms with Crippen LogP contribution in [0.15, 0.2) is 42.2 Å². The molecule has 0 bridgehead atoms. The van der Waals surface area contributed by atoms with Crippen molar-refractivity contribution in [2.45, 2.75) is 20.8 Å². The Kier molecular flexibility index (Phi) is 5.24. The predicted octanol–water partition coefficient (Wildman–Crippen LogP) is 2.21. The molecule has 4 N–H and O–H groups in total. The normalized spacial score (nSPS) is 11.7. The number of hydrogen-bond acceptors (Lipinski definition) is 4. The smallest absolute Gasteiger partial charge is 0.353 e. The van der Waals surface area contributed by atoms with Crippen molar-refractivity contribution in [1.82, 2.24) is 5.32 Å². The highest BCUT2D eigenvalue weighted by atomic mass is 16.4. The fraction of sp³-hybridized carbons (Fsp3) is 0.267. The highest BCUT2D eigenvalue weighted by Crippen LogP contribution is 2.14. The van der Waals surface area contributed by atoms with Crippen LogP contribution in [0.4, 0.5) is 5.69 Å². The molecule has 0 atom stereocenters. The van der Waals surface area contributed by atoms with Crippen LogP contribution in [0.2, 0.25) is 0 Å². The number of aliphatic carboxylic acids is 1. The van der Waals surface area contributed by atoms with Crippen molar-refractivity contribution in [2.24, 2.45) is 5.41 Å². The summed E-state index contributed by atoms with van der Waals surface area (Å²) in [5.41, 5.74) is -0.582. The van der Waals surface area contributed by atoms with Gasteiger partial charge in [-0.05, 0) is 12.1 Å². The van der Waals surface area contributed by atoms with Crippen molar-refractivity contribution in [2.75, 3.05) is 5.32 Å². The van der Waals surface area contributed by atoms with Crippen LogP contribution in [-0.4, -0.2) is 22.7 Å². The van der Waals surface area contributed by atoms with E-state index in [-0.39, 0.29) is 11.7 Å². The van der Waals surface area contributed by atoms with Crippen LogP contribution < -0.4 is 10.6 Å². The molecule has 1 rings (SSSR count). The zero-order valence-electron chi connectivity index (χ0n) is 12.2. The van der Waals surface area contributed by atoms with E-state index >= 15 is 0 Å². The van der Waals surface area contributed by atoms with Gasteiger partial charge in [0, 0.05) is 17.2 Å². The molecule has 0 aliphatic rings. The van der Waals surface area contributed by atoms with Crippen molar-refractivity contribution >= 4 is 23.3 Å². The second kappa shape index (κ2) is 6.69. The molecule has 0 aromatic heterocycles. The number of nitrogens with one attached hydrogen (secondary N) is 3. The lowest BCUT2D eigenvalue weighted by atomic mass is 9.96. The van der Waals surface area contributed by atoms with E-state index in [1.165, 1.54) is 0 Å². The molecule has 0 radical (unpaired) electrons. The zero-order chi connectivity index (χ0) is 16.0. The first-order valence-corrected chi connectivity index (χ1v) is 6.37. The minimum Gasteiger partial charge on any atom is -0.477 e. The van der Waals surface area contributed by atoms with E-state index in [4.69, 9.17) is 10.5 Å². The molecular weight excluding hydrogens is 270 g/mol. The average Bonchev–Trinajstić information content (AvgIpc) is 2.38. The van der Waals surface area contributed by atoms with Crippen molar-refractivity contribution in [3.05, 3.63) is 42.2 Å². The molecule has 0 saturated carbocycles. The molecule has 0 spiro atoms. The summed E-state index contributed by atoms with van der Waals surface area (Å²) in [4.78, 5) is 22.8. The van der Waals surface area contributed by atoms with Crippen LogP contribution in [0.1, 0.15) is 20.8 Å². The van der Waals surface area contributed by atoms with Gasteiger partial charge < -0.3 is 15.7 Å². The number of anilines is 1. The molecule has 0 aliphatic heterocycles. The quantitative estimate of drug-likeness (QED) is 0.624. The third-order valence-electron chi connectivity index (χ3n) is 2.50. The molecule has 6 heteroatoms. The molecule has 1 aromatic rings. The molecule has 0 heterocycles. The molecule has 21 heavy (non-hydrogen) atoms. The van der Waals surface area contributed by atoms with Crippen molar-refractivity contribution in [3.63, 3.8) is 0 Å². The van der Waals surface area contributed by atoms with E-state index in [2.05, 4.69) is 10.6 Å². The summed E-state index contributed by atoms with van der Waals surface area (Å²) in [6, 6.07) is 8.96. The number of carbonyl (C=O) groups excluding carboxylic acids is 1. The van der Waals surface area contributed by atoms with Crippen molar-refractivity contribution in [1.29, 1.82) is 5.41 Å². The fourth-order valence-corrected chi connectivity index (χ4v) is 1.30. The molecule has 1 aromatic carbocycles. The standard InChI is InChI=1S/C15H19N3O3/c1-15(2,3)14(21)18-12(9-11(16)13(19)20)17-10-7-5-4-6-8-10/h4-9,16-17H,1-3H3,(H,18,21)(H,19,20)/b12-9+,16-11?. The summed E-state index contributed by atoms with van der Waals surface area (Å²) in [5, 5.41) is 21.6. The van der Waals surface area contributed by atoms with E-state index in [1.54, 1.807) is 45.0 Å². The molecule has 112 valence electrons. The van der Waals surface area contributed by atoms with E-state index in [1.807, 2.05) is 6.07 Å². The Morgan fingerprint density at radius 3 is 2.24 bits per heavy atom. The van der Waals surface area contributed by atoms with Gasteiger partial charge in [-0.15, -0.1) is 0 Å². The van der Waals surface area contributed by atoms with Crippen LogP contribution >= 0.6 is 0 Å². The van der Waals surface area contributed by atoms with E-state index in [0.717, 1.165) is 6.08 Å². The van der Waals surface area contributed by atoms with Gasteiger partial charge in [0.1, 0.15) is 11.5 Å². The van der Waals surface area contributed by atoms with Crippen LogP contribution in [0.5, 0.6) is 0 Å². The lowest BCUT2D eigenvalue weighted by Crippen LogP contribution is -2.37. The molecule has 1 amide bonds. The number of carboxylic acid groups (broad SMARTS) is 1. The lowest BCUT2D eigenvalue weighted by molar-refractivity contribution is -0.129. The number of benzene rings is 1. The Bertz CT molecular complexity index is 572. The van der Waals surface area contributed by atoms with E-state index < -0.39 is 17.1 Å². The summed E-state index contributed by atoms with van der Waals surface area (Å²) < 4.78 is 0. The first-order chi connectivity index (χ1) is 9.70. The third kappa shape index (κ3) is 5.48. The van der Waals surface area contributed by atoms with Gasteiger partial charge in [0.2, 0.25) is 5.91 Å².